The van der Waals surface area contributed by atoms with E-state index in [1.807, 2.05) is 13.8 Å². The molecule has 0 spiro atoms. The predicted octanol–water partition coefficient (Wildman–Crippen LogP) is 1.76. The van der Waals surface area contributed by atoms with Gasteiger partial charge in [-0.1, -0.05) is 0 Å². The fourth-order valence-corrected chi connectivity index (χ4v) is 0. The molecule has 0 atom stereocenters. The van der Waals surface area contributed by atoms with Gasteiger partial charge in [0, 0.05) is 27.4 Å². The van der Waals surface area contributed by atoms with Crippen LogP contribution in [0, 0.1) is 0 Å². The van der Waals surface area contributed by atoms with Gasteiger partial charge in [-0.25, -0.2) is 0 Å². The van der Waals surface area contributed by atoms with Gasteiger partial charge in [0.1, 0.15) is 0 Å². The van der Waals surface area contributed by atoms with Crippen LogP contribution in [-0.2, 0) is 9.47 Å². The Morgan fingerprint density at radius 1 is 0.727 bits per heavy atom. The summed E-state index contributed by atoms with van der Waals surface area (Å²) in [5, 5.41) is 0. The molecule has 5 heteroatoms. The molecule has 76 valence electrons. The van der Waals surface area contributed by atoms with Crippen molar-refractivity contribution in [2.75, 3.05) is 27.4 Å². The molecular weight excluding hydrogens is 161 g/mol. The Hall–Kier alpha value is -0.290. The molecule has 0 aliphatic rings. The van der Waals surface area contributed by atoms with E-state index in [2.05, 4.69) is 9.47 Å². The molecule has 0 aromatic carbocycles. The minimum absolute atomic E-state index is 0. The van der Waals surface area contributed by atoms with Crippen LogP contribution in [0.1, 0.15) is 13.8 Å². The molecule has 0 saturated carbocycles. The fourth-order valence-electron chi connectivity index (χ4n) is 0. The van der Waals surface area contributed by atoms with Crippen LogP contribution in [0.4, 0.5) is 14.1 Å². The zero-order chi connectivity index (χ0) is 6.83. The van der Waals surface area contributed by atoms with E-state index >= 15 is 0 Å². The van der Waals surface area contributed by atoms with Gasteiger partial charge in [-0.15, -0.1) is 0 Å². The minimum Gasteiger partial charge on any atom is -0.385 e. The maximum absolute atomic E-state index is 4.54. The van der Waals surface area contributed by atoms with Gasteiger partial charge in [0.05, 0.1) is 0 Å². The summed E-state index contributed by atoms with van der Waals surface area (Å²) in [7, 11) is 3.36. The highest BCUT2D eigenvalue weighted by molar-refractivity contribution is 3.95. The van der Waals surface area contributed by atoms with Gasteiger partial charge in [0.25, 0.3) is 0 Å². The molecule has 0 radical (unpaired) electrons. The third kappa shape index (κ3) is 197. The lowest BCUT2D eigenvalue weighted by molar-refractivity contribution is 0.215. The molecule has 0 unspecified atom stereocenters. The van der Waals surface area contributed by atoms with Crippen molar-refractivity contribution in [2.45, 2.75) is 13.8 Å². The highest BCUT2D eigenvalue weighted by Gasteiger charge is 1.51. The summed E-state index contributed by atoms with van der Waals surface area (Å²) in [5.74, 6) is 0. The fraction of sp³-hybridized carbons (Fsp3) is 1.00. The molecule has 2 nitrogen and oxygen atoms in total. The average molecular weight is 180 g/mol. The van der Waals surface area contributed by atoms with Crippen molar-refractivity contribution in [3.05, 3.63) is 0 Å². The number of ether oxygens (including phenoxy) is 2. The summed E-state index contributed by atoms with van der Waals surface area (Å²) >= 11 is 0. The van der Waals surface area contributed by atoms with E-state index in [4.69, 9.17) is 0 Å². The van der Waals surface area contributed by atoms with E-state index in [9.17, 15) is 0 Å². The molecule has 0 aromatic rings. The topological polar surface area (TPSA) is 18.5 Å². The largest absolute Gasteiger partial charge is 0.385 e. The predicted molar refractivity (Wildman–Crippen MR) is 42.6 cm³/mol. The summed E-state index contributed by atoms with van der Waals surface area (Å²) in [6.07, 6.45) is 0. The molecular formula is C6H19F3O2. The van der Waals surface area contributed by atoms with Crippen molar-refractivity contribution in [2.24, 2.45) is 0 Å². The van der Waals surface area contributed by atoms with Crippen molar-refractivity contribution in [3.63, 3.8) is 0 Å². The van der Waals surface area contributed by atoms with Gasteiger partial charge in [0.15, 0.2) is 0 Å². The molecule has 0 heterocycles. The summed E-state index contributed by atoms with van der Waals surface area (Å²) in [6, 6.07) is 0. The van der Waals surface area contributed by atoms with E-state index in [1.54, 1.807) is 14.2 Å². The minimum atomic E-state index is 0. The molecule has 0 rings (SSSR count). The van der Waals surface area contributed by atoms with Gasteiger partial charge >= 0.3 is 0 Å². The first-order valence-corrected chi connectivity index (χ1v) is 2.81. The zero-order valence-electron chi connectivity index (χ0n) is 7.46. The zero-order valence-corrected chi connectivity index (χ0v) is 7.46. The van der Waals surface area contributed by atoms with Gasteiger partial charge in [0.2, 0.25) is 0 Å². The van der Waals surface area contributed by atoms with Crippen molar-refractivity contribution < 1.29 is 23.6 Å². The summed E-state index contributed by atoms with van der Waals surface area (Å²) in [6.45, 7) is 5.56. The van der Waals surface area contributed by atoms with Crippen LogP contribution in [0.2, 0.25) is 0 Å². The third-order valence-corrected chi connectivity index (χ3v) is 0.577. The highest BCUT2D eigenvalue weighted by atomic mass is 19.0. The van der Waals surface area contributed by atoms with Crippen molar-refractivity contribution in [3.8, 4) is 0 Å². The first kappa shape index (κ1) is 31.0. The molecule has 0 fully saturated rings. The van der Waals surface area contributed by atoms with Crippen molar-refractivity contribution in [1.82, 2.24) is 0 Å². The molecule has 11 heavy (non-hydrogen) atoms. The Kier molecular flexibility index (Phi) is 151. The standard InChI is InChI=1S/2C3H8O.3FH/c2*1-3-4-2;;;/h2*3H2,1-2H3;3*1H. The molecule has 0 N–H and O–H groups in total. The smallest absolute Gasteiger partial charge is 0.0433 e. The second-order valence-corrected chi connectivity index (χ2v) is 1.15. The summed E-state index contributed by atoms with van der Waals surface area (Å²) in [5.41, 5.74) is 0. The van der Waals surface area contributed by atoms with Crippen LogP contribution >= 0.6 is 0 Å². The molecule has 0 bridgehead atoms. The normalized spacial score (nSPS) is 5.45. The highest BCUT2D eigenvalue weighted by Crippen LogP contribution is 1.52. The molecule has 0 aliphatic heterocycles. The van der Waals surface area contributed by atoms with Crippen LogP contribution in [0.25, 0.3) is 0 Å². The van der Waals surface area contributed by atoms with Gasteiger partial charge < -0.3 is 9.47 Å². The van der Waals surface area contributed by atoms with Crippen LogP contribution < -0.4 is 0 Å². The quantitative estimate of drug-likeness (QED) is 0.644. The van der Waals surface area contributed by atoms with E-state index in [0.717, 1.165) is 13.2 Å². The van der Waals surface area contributed by atoms with E-state index < -0.39 is 0 Å². The van der Waals surface area contributed by atoms with Crippen LogP contribution in [0.15, 0.2) is 0 Å². The molecule has 0 aromatic heterocycles. The van der Waals surface area contributed by atoms with Gasteiger partial charge in [-0.3, -0.25) is 14.1 Å². The van der Waals surface area contributed by atoms with Gasteiger partial charge in [-0.05, 0) is 13.8 Å². The van der Waals surface area contributed by atoms with E-state index in [-0.39, 0.29) is 14.1 Å². The lowest BCUT2D eigenvalue weighted by atomic mass is 10.9. The average Bonchev–Trinajstić information content (AvgIpc) is 1.88. The monoisotopic (exact) mass is 180 g/mol. The number of hydrogen-bond donors (Lipinski definition) is 0. The maximum Gasteiger partial charge on any atom is 0.0433 e. The van der Waals surface area contributed by atoms with Crippen LogP contribution in [0.3, 0.4) is 0 Å². The lowest BCUT2D eigenvalue weighted by Gasteiger charge is -1.76. The van der Waals surface area contributed by atoms with Crippen LogP contribution in [-0.4, -0.2) is 27.4 Å². The number of methoxy groups -OCH3 is 2. The third-order valence-electron chi connectivity index (χ3n) is 0.577. The second-order valence-electron chi connectivity index (χ2n) is 1.15. The van der Waals surface area contributed by atoms with Crippen LogP contribution in [0.5, 0.6) is 0 Å². The number of hydrogen-bond acceptors (Lipinski definition) is 2. The Bertz CT molecular complexity index is 23.8. The molecule has 0 saturated heterocycles. The Morgan fingerprint density at radius 2 is 0.818 bits per heavy atom. The molecule has 0 amide bonds. The van der Waals surface area contributed by atoms with E-state index in [0.29, 0.717) is 0 Å². The number of rotatable bonds is 2. The lowest BCUT2D eigenvalue weighted by Crippen LogP contribution is -1.73. The van der Waals surface area contributed by atoms with Crippen molar-refractivity contribution in [1.29, 1.82) is 0 Å². The van der Waals surface area contributed by atoms with Crippen molar-refractivity contribution >= 4 is 0 Å². The first-order chi connectivity index (χ1) is 3.83. The second kappa shape index (κ2) is 53.5. The Morgan fingerprint density at radius 3 is 0.818 bits per heavy atom. The van der Waals surface area contributed by atoms with Gasteiger partial charge in [-0.2, -0.15) is 0 Å². The SMILES string of the molecule is CCOC.CCOC.F.F.F. The molecule has 0 aliphatic carbocycles. The number of halogens is 3. The van der Waals surface area contributed by atoms with E-state index in [1.165, 1.54) is 0 Å². The Balaban J connectivity index is -0.0000000171. The Labute approximate surface area is 66.0 Å². The summed E-state index contributed by atoms with van der Waals surface area (Å²) < 4.78 is 9.08. The maximum atomic E-state index is 4.54. The first-order valence-electron chi connectivity index (χ1n) is 2.81. The summed E-state index contributed by atoms with van der Waals surface area (Å²) in [4.78, 5) is 0.